The molecule has 2 bridgehead atoms. The third-order valence-corrected chi connectivity index (χ3v) is 7.24. The Labute approximate surface area is 197 Å². The molecule has 5 rings (SSSR count). The average molecular weight is 459 g/mol. The maximum Gasteiger partial charge on any atom is 0.338 e. The number of anilines is 2. The molecule has 1 saturated carbocycles. The summed E-state index contributed by atoms with van der Waals surface area (Å²) in [4.78, 5) is 52.0. The first kappa shape index (κ1) is 22.1. The van der Waals surface area contributed by atoms with Crippen molar-refractivity contribution in [2.24, 2.45) is 23.7 Å². The quantitative estimate of drug-likeness (QED) is 0.418. The van der Waals surface area contributed by atoms with E-state index in [4.69, 9.17) is 4.74 Å². The van der Waals surface area contributed by atoms with Gasteiger partial charge in [-0.3, -0.25) is 19.3 Å². The van der Waals surface area contributed by atoms with E-state index in [1.807, 2.05) is 39.0 Å². The highest BCUT2D eigenvalue weighted by Crippen LogP contribution is 2.55. The van der Waals surface area contributed by atoms with Crippen molar-refractivity contribution in [2.75, 3.05) is 16.8 Å². The summed E-state index contributed by atoms with van der Waals surface area (Å²) in [5, 5.41) is 2.75. The van der Waals surface area contributed by atoms with Gasteiger partial charge in [-0.05, 0) is 80.5 Å². The molecule has 2 aromatic carbocycles. The zero-order valence-electron chi connectivity index (χ0n) is 19.3. The lowest BCUT2D eigenvalue weighted by atomic mass is 9.82. The standard InChI is InChI=1S/C27H26N2O5/c1-14-4-5-15(2)21(10-14)28-22(30)13-34-27(33)17-6-8-19(9-7-17)29-25(31)23-18-11-16(3)20(12-18)24(23)26(29)32/h4-11,18,20,23-24H,12-13H2,1-3H3,(H,28,30)/t18-,20+,23-,24+/m0/s1. The van der Waals surface area contributed by atoms with Crippen molar-refractivity contribution in [2.45, 2.75) is 27.2 Å². The van der Waals surface area contributed by atoms with Crippen molar-refractivity contribution in [3.8, 4) is 0 Å². The Balaban J connectivity index is 1.21. The van der Waals surface area contributed by atoms with Gasteiger partial charge in [0, 0.05) is 5.69 Å². The van der Waals surface area contributed by atoms with Crippen LogP contribution in [0.25, 0.3) is 0 Å². The normalized spacial score (nSPS) is 24.8. The highest BCUT2D eigenvalue weighted by atomic mass is 16.5. The molecule has 2 aliphatic carbocycles. The Hall–Kier alpha value is -3.74. The number of fused-ring (bicyclic) bond motifs is 5. The molecule has 7 nitrogen and oxygen atoms in total. The summed E-state index contributed by atoms with van der Waals surface area (Å²) >= 11 is 0. The number of carbonyl (C=O) groups is 4. The van der Waals surface area contributed by atoms with Gasteiger partial charge in [-0.15, -0.1) is 0 Å². The molecule has 1 saturated heterocycles. The number of carbonyl (C=O) groups excluding carboxylic acids is 4. The molecule has 1 heterocycles. The van der Waals surface area contributed by atoms with E-state index < -0.39 is 18.5 Å². The van der Waals surface area contributed by atoms with Gasteiger partial charge in [-0.25, -0.2) is 4.79 Å². The fourth-order valence-corrected chi connectivity index (χ4v) is 5.55. The molecule has 0 aromatic heterocycles. The number of aryl methyl sites for hydroxylation is 2. The van der Waals surface area contributed by atoms with Gasteiger partial charge in [-0.1, -0.05) is 23.8 Å². The summed E-state index contributed by atoms with van der Waals surface area (Å²) in [6.45, 7) is 5.42. The highest BCUT2D eigenvalue weighted by molar-refractivity contribution is 6.23. The summed E-state index contributed by atoms with van der Waals surface area (Å²) in [5.74, 6) is -1.67. The molecule has 174 valence electrons. The number of amides is 3. The van der Waals surface area contributed by atoms with E-state index in [1.54, 1.807) is 12.1 Å². The molecule has 34 heavy (non-hydrogen) atoms. The van der Waals surface area contributed by atoms with E-state index in [0.717, 1.165) is 17.5 Å². The number of nitrogens with one attached hydrogen (secondary N) is 1. The average Bonchev–Trinajstić information content (AvgIpc) is 3.45. The van der Waals surface area contributed by atoms with Gasteiger partial charge in [0.1, 0.15) is 0 Å². The van der Waals surface area contributed by atoms with Crippen LogP contribution in [0.2, 0.25) is 0 Å². The van der Waals surface area contributed by atoms with Gasteiger partial charge in [-0.2, -0.15) is 0 Å². The highest BCUT2D eigenvalue weighted by Gasteiger charge is 2.60. The lowest BCUT2D eigenvalue weighted by Gasteiger charge is -2.19. The second-order valence-corrected chi connectivity index (χ2v) is 9.47. The Morgan fingerprint density at radius 2 is 1.71 bits per heavy atom. The number of allylic oxidation sites excluding steroid dienone is 2. The molecule has 0 radical (unpaired) electrons. The summed E-state index contributed by atoms with van der Waals surface area (Å²) in [5.41, 5.74) is 4.49. The predicted octanol–water partition coefficient (Wildman–Crippen LogP) is 3.80. The molecule has 2 fully saturated rings. The van der Waals surface area contributed by atoms with Crippen molar-refractivity contribution in [3.05, 3.63) is 70.8 Å². The van der Waals surface area contributed by atoms with Crippen molar-refractivity contribution in [1.82, 2.24) is 0 Å². The van der Waals surface area contributed by atoms with Crippen LogP contribution in [-0.2, 0) is 19.1 Å². The second-order valence-electron chi connectivity index (χ2n) is 9.47. The molecule has 7 heteroatoms. The lowest BCUT2D eigenvalue weighted by Crippen LogP contribution is -2.33. The van der Waals surface area contributed by atoms with E-state index in [-0.39, 0.29) is 41.0 Å². The Morgan fingerprint density at radius 3 is 2.44 bits per heavy atom. The third-order valence-electron chi connectivity index (χ3n) is 7.24. The number of hydrogen-bond donors (Lipinski definition) is 1. The molecule has 1 aliphatic heterocycles. The van der Waals surface area contributed by atoms with Crippen LogP contribution in [0.1, 0.15) is 34.8 Å². The van der Waals surface area contributed by atoms with Crippen molar-refractivity contribution < 1.29 is 23.9 Å². The van der Waals surface area contributed by atoms with Crippen LogP contribution in [0.15, 0.2) is 54.1 Å². The number of benzene rings is 2. The summed E-state index contributed by atoms with van der Waals surface area (Å²) in [6.07, 6.45) is 3.02. The minimum Gasteiger partial charge on any atom is -0.452 e. The summed E-state index contributed by atoms with van der Waals surface area (Å²) < 4.78 is 5.14. The van der Waals surface area contributed by atoms with E-state index in [0.29, 0.717) is 11.4 Å². The summed E-state index contributed by atoms with van der Waals surface area (Å²) in [6, 6.07) is 11.9. The van der Waals surface area contributed by atoms with E-state index in [1.165, 1.54) is 22.6 Å². The van der Waals surface area contributed by atoms with Crippen LogP contribution < -0.4 is 10.2 Å². The predicted molar refractivity (Wildman–Crippen MR) is 126 cm³/mol. The number of hydrogen-bond acceptors (Lipinski definition) is 5. The van der Waals surface area contributed by atoms with Crippen molar-refractivity contribution in [1.29, 1.82) is 0 Å². The number of rotatable bonds is 5. The van der Waals surface area contributed by atoms with Gasteiger partial charge >= 0.3 is 5.97 Å². The fraction of sp³-hybridized carbons (Fsp3) is 0.333. The topological polar surface area (TPSA) is 92.8 Å². The van der Waals surface area contributed by atoms with Gasteiger partial charge in [0.05, 0.1) is 23.1 Å². The van der Waals surface area contributed by atoms with Gasteiger partial charge in [0.15, 0.2) is 6.61 Å². The monoisotopic (exact) mass is 458 g/mol. The molecule has 1 N–H and O–H groups in total. The third kappa shape index (κ3) is 3.61. The lowest BCUT2D eigenvalue weighted by molar-refractivity contribution is -0.123. The maximum absolute atomic E-state index is 13.1. The van der Waals surface area contributed by atoms with E-state index in [9.17, 15) is 19.2 Å². The minimum absolute atomic E-state index is 0.139. The molecule has 3 amide bonds. The number of ether oxygens (including phenoxy) is 1. The van der Waals surface area contributed by atoms with Gasteiger partial charge < -0.3 is 10.1 Å². The second kappa shape index (κ2) is 8.24. The van der Waals surface area contributed by atoms with Crippen LogP contribution in [0, 0.1) is 37.5 Å². The van der Waals surface area contributed by atoms with Crippen molar-refractivity contribution >= 4 is 35.1 Å². The SMILES string of the molecule is CC1=C[C@H]2C[C@H]1[C@H]1C(=O)N(c3ccc(C(=O)OCC(=O)Nc4cc(C)ccc4C)cc3)C(=O)[C@H]12. The first-order valence-corrected chi connectivity index (χ1v) is 11.4. The first-order chi connectivity index (χ1) is 16.2. The Morgan fingerprint density at radius 1 is 1.00 bits per heavy atom. The minimum atomic E-state index is -0.656. The molecule has 0 unspecified atom stereocenters. The zero-order valence-corrected chi connectivity index (χ0v) is 19.3. The number of nitrogens with zero attached hydrogens (tertiary/aromatic N) is 1. The number of imide groups is 1. The Bertz CT molecular complexity index is 1250. The number of esters is 1. The summed E-state index contributed by atoms with van der Waals surface area (Å²) in [7, 11) is 0. The molecule has 3 aliphatic rings. The largest absolute Gasteiger partial charge is 0.452 e. The maximum atomic E-state index is 13.1. The Kier molecular flexibility index (Phi) is 5.35. The molecule has 4 atom stereocenters. The zero-order chi connectivity index (χ0) is 24.1. The van der Waals surface area contributed by atoms with Gasteiger partial charge in [0.25, 0.3) is 5.91 Å². The molecule has 0 spiro atoms. The fourth-order valence-electron chi connectivity index (χ4n) is 5.55. The van der Waals surface area contributed by atoms with Crippen LogP contribution in [-0.4, -0.2) is 30.3 Å². The molecular formula is C27H26N2O5. The van der Waals surface area contributed by atoms with Crippen LogP contribution in [0.3, 0.4) is 0 Å². The van der Waals surface area contributed by atoms with Crippen LogP contribution in [0.5, 0.6) is 0 Å². The van der Waals surface area contributed by atoms with Gasteiger partial charge in [0.2, 0.25) is 11.8 Å². The smallest absolute Gasteiger partial charge is 0.338 e. The van der Waals surface area contributed by atoms with Crippen LogP contribution >= 0.6 is 0 Å². The molecule has 2 aromatic rings. The van der Waals surface area contributed by atoms with E-state index >= 15 is 0 Å². The van der Waals surface area contributed by atoms with Crippen molar-refractivity contribution in [3.63, 3.8) is 0 Å². The van der Waals surface area contributed by atoms with E-state index in [2.05, 4.69) is 11.4 Å². The van der Waals surface area contributed by atoms with Crippen LogP contribution in [0.4, 0.5) is 11.4 Å². The first-order valence-electron chi connectivity index (χ1n) is 11.4. The molecular weight excluding hydrogens is 432 g/mol.